The van der Waals surface area contributed by atoms with Gasteiger partial charge in [0.2, 0.25) is 15.9 Å². The molecule has 3 rings (SSSR count). The van der Waals surface area contributed by atoms with Crippen LogP contribution >= 0.6 is 34.8 Å². The fourth-order valence-corrected chi connectivity index (χ4v) is 5.00. The first-order valence-corrected chi connectivity index (χ1v) is 12.1. The van der Waals surface area contributed by atoms with E-state index in [-0.39, 0.29) is 26.8 Å². The summed E-state index contributed by atoms with van der Waals surface area (Å²) in [6, 6.07) is 8.63. The Bertz CT molecular complexity index is 1060. The van der Waals surface area contributed by atoms with Gasteiger partial charge in [-0.25, -0.2) is 8.42 Å². The number of carbonyl (C=O) groups is 1. The van der Waals surface area contributed by atoms with Crippen molar-refractivity contribution in [2.45, 2.75) is 32.2 Å². The Morgan fingerprint density at radius 1 is 1.07 bits per heavy atom. The second kappa shape index (κ2) is 8.72. The number of fused-ring (bicyclic) bond motifs is 1. The second-order valence-corrected chi connectivity index (χ2v) is 10.3. The van der Waals surface area contributed by atoms with Gasteiger partial charge in [0, 0.05) is 0 Å². The maximum atomic E-state index is 12.6. The van der Waals surface area contributed by atoms with Gasteiger partial charge in [-0.3, -0.25) is 9.10 Å². The van der Waals surface area contributed by atoms with Crippen LogP contribution in [0.4, 0.5) is 5.69 Å². The summed E-state index contributed by atoms with van der Waals surface area (Å²) in [5, 5.41) is 3.29. The van der Waals surface area contributed by atoms with Crippen LogP contribution in [0.15, 0.2) is 30.3 Å². The summed E-state index contributed by atoms with van der Waals surface area (Å²) in [7, 11) is -3.79. The summed E-state index contributed by atoms with van der Waals surface area (Å²) < 4.78 is 25.5. The molecule has 0 saturated heterocycles. The third kappa shape index (κ3) is 5.18. The van der Waals surface area contributed by atoms with Crippen molar-refractivity contribution < 1.29 is 13.2 Å². The lowest BCUT2D eigenvalue weighted by molar-refractivity contribution is -0.120. The highest BCUT2D eigenvalue weighted by Crippen LogP contribution is 2.35. The number of anilines is 1. The maximum absolute atomic E-state index is 12.6. The average Bonchev–Trinajstić information content (AvgIpc) is 3.09. The molecule has 0 heterocycles. The third-order valence-electron chi connectivity index (χ3n) is 4.95. The normalized spacial score (nSPS) is 14.4. The number of rotatable bonds is 6. The zero-order chi connectivity index (χ0) is 21.3. The Labute approximate surface area is 186 Å². The van der Waals surface area contributed by atoms with E-state index >= 15 is 0 Å². The van der Waals surface area contributed by atoms with Gasteiger partial charge in [-0.1, -0.05) is 53.0 Å². The number of halogens is 3. The molecule has 2 aromatic rings. The molecule has 29 heavy (non-hydrogen) atoms. The summed E-state index contributed by atoms with van der Waals surface area (Å²) in [6.07, 6.45) is 4.28. The SMILES string of the molecule is C[C@@H](NC(=O)CN(c1cc(Cl)c(Cl)cc1Cl)S(C)(=O)=O)c1ccc2c(c1)CCC2. The predicted octanol–water partition coefficient (Wildman–Crippen LogP) is 4.78. The van der Waals surface area contributed by atoms with Crippen molar-refractivity contribution in [1.29, 1.82) is 0 Å². The Balaban J connectivity index is 1.78. The summed E-state index contributed by atoms with van der Waals surface area (Å²) in [6.45, 7) is 1.44. The number of nitrogens with one attached hydrogen (secondary N) is 1. The summed E-state index contributed by atoms with van der Waals surface area (Å²) in [4.78, 5) is 12.6. The van der Waals surface area contributed by atoms with Crippen LogP contribution in [-0.4, -0.2) is 27.1 Å². The van der Waals surface area contributed by atoms with E-state index in [1.165, 1.54) is 23.3 Å². The quantitative estimate of drug-likeness (QED) is 0.612. The van der Waals surface area contributed by atoms with E-state index in [0.717, 1.165) is 35.4 Å². The molecule has 0 aromatic heterocycles. The molecule has 0 aliphatic heterocycles. The standard InChI is InChI=1S/C20H21Cl3N2O3S/c1-12(14-7-6-13-4-3-5-15(13)8-14)24-20(26)11-25(29(2,27)28)19-10-17(22)16(21)9-18(19)23/h6-10,12H,3-5,11H2,1-2H3,(H,24,26)/t12-/m1/s1. The van der Waals surface area contributed by atoms with Gasteiger partial charge in [0.15, 0.2) is 0 Å². The lowest BCUT2D eigenvalue weighted by atomic mass is 10.0. The molecule has 5 nitrogen and oxygen atoms in total. The molecule has 0 unspecified atom stereocenters. The average molecular weight is 476 g/mol. The molecule has 1 aliphatic carbocycles. The van der Waals surface area contributed by atoms with Crippen LogP contribution in [0.2, 0.25) is 15.1 Å². The Hall–Kier alpha value is -1.47. The number of hydrogen-bond acceptors (Lipinski definition) is 3. The smallest absolute Gasteiger partial charge is 0.241 e. The zero-order valence-corrected chi connectivity index (χ0v) is 19.1. The fraction of sp³-hybridized carbons (Fsp3) is 0.350. The minimum atomic E-state index is -3.79. The first-order valence-electron chi connectivity index (χ1n) is 9.09. The molecule has 156 valence electrons. The van der Waals surface area contributed by atoms with Gasteiger partial charge in [-0.2, -0.15) is 0 Å². The van der Waals surface area contributed by atoms with Crippen LogP contribution in [0.1, 0.15) is 36.1 Å². The van der Waals surface area contributed by atoms with Crippen molar-refractivity contribution in [2.75, 3.05) is 17.1 Å². The van der Waals surface area contributed by atoms with E-state index < -0.39 is 22.5 Å². The van der Waals surface area contributed by atoms with Crippen molar-refractivity contribution in [3.63, 3.8) is 0 Å². The van der Waals surface area contributed by atoms with Crippen LogP contribution in [0.3, 0.4) is 0 Å². The molecule has 1 atom stereocenters. The van der Waals surface area contributed by atoms with Gasteiger partial charge in [0.25, 0.3) is 0 Å². The molecule has 0 radical (unpaired) electrons. The lowest BCUT2D eigenvalue weighted by Gasteiger charge is -2.24. The van der Waals surface area contributed by atoms with Gasteiger partial charge < -0.3 is 5.32 Å². The largest absolute Gasteiger partial charge is 0.348 e. The van der Waals surface area contributed by atoms with Crippen LogP contribution < -0.4 is 9.62 Å². The Morgan fingerprint density at radius 2 is 1.72 bits per heavy atom. The van der Waals surface area contributed by atoms with Crippen LogP contribution in [0.25, 0.3) is 0 Å². The van der Waals surface area contributed by atoms with E-state index in [2.05, 4.69) is 17.4 Å². The van der Waals surface area contributed by atoms with Crippen molar-refractivity contribution >= 4 is 56.4 Å². The molecule has 1 amide bonds. The topological polar surface area (TPSA) is 66.5 Å². The van der Waals surface area contributed by atoms with Crippen LogP contribution in [0.5, 0.6) is 0 Å². The monoisotopic (exact) mass is 474 g/mol. The molecule has 0 spiro atoms. The van der Waals surface area contributed by atoms with Gasteiger partial charge in [-0.15, -0.1) is 0 Å². The predicted molar refractivity (Wildman–Crippen MR) is 119 cm³/mol. The second-order valence-electron chi connectivity index (χ2n) is 7.16. The third-order valence-corrected chi connectivity index (χ3v) is 7.10. The van der Waals surface area contributed by atoms with Crippen molar-refractivity contribution in [1.82, 2.24) is 5.32 Å². The van der Waals surface area contributed by atoms with Crippen molar-refractivity contribution in [3.05, 3.63) is 62.1 Å². The van der Waals surface area contributed by atoms with Gasteiger partial charge in [-0.05, 0) is 55.0 Å². The molecule has 0 fully saturated rings. The minimum absolute atomic E-state index is 0.0873. The first-order chi connectivity index (χ1) is 13.6. The lowest BCUT2D eigenvalue weighted by Crippen LogP contribution is -2.41. The summed E-state index contributed by atoms with van der Waals surface area (Å²) in [5.41, 5.74) is 3.75. The highest BCUT2D eigenvalue weighted by atomic mass is 35.5. The molecule has 0 bridgehead atoms. The number of sulfonamides is 1. The minimum Gasteiger partial charge on any atom is -0.348 e. The number of amides is 1. The fourth-order valence-electron chi connectivity index (χ4n) is 3.45. The number of aryl methyl sites for hydroxylation is 2. The van der Waals surface area contributed by atoms with E-state index in [9.17, 15) is 13.2 Å². The molecule has 1 aliphatic rings. The highest BCUT2D eigenvalue weighted by molar-refractivity contribution is 7.92. The van der Waals surface area contributed by atoms with E-state index in [0.29, 0.717) is 0 Å². The van der Waals surface area contributed by atoms with Gasteiger partial charge in [0.05, 0.1) is 33.1 Å². The van der Waals surface area contributed by atoms with Gasteiger partial charge in [0.1, 0.15) is 6.54 Å². The van der Waals surface area contributed by atoms with E-state index in [1.54, 1.807) is 0 Å². The van der Waals surface area contributed by atoms with E-state index in [4.69, 9.17) is 34.8 Å². The van der Waals surface area contributed by atoms with Crippen molar-refractivity contribution in [2.24, 2.45) is 0 Å². The molecular weight excluding hydrogens is 455 g/mol. The van der Waals surface area contributed by atoms with Crippen LogP contribution in [0, 0.1) is 0 Å². The Morgan fingerprint density at radius 3 is 2.41 bits per heavy atom. The zero-order valence-electron chi connectivity index (χ0n) is 16.0. The highest BCUT2D eigenvalue weighted by Gasteiger charge is 2.25. The molecule has 2 aromatic carbocycles. The molecule has 9 heteroatoms. The molecular formula is C20H21Cl3N2O3S. The number of benzene rings is 2. The van der Waals surface area contributed by atoms with E-state index in [1.807, 2.05) is 13.0 Å². The van der Waals surface area contributed by atoms with Gasteiger partial charge >= 0.3 is 0 Å². The molecule has 0 saturated carbocycles. The van der Waals surface area contributed by atoms with Crippen molar-refractivity contribution in [3.8, 4) is 0 Å². The number of nitrogens with zero attached hydrogens (tertiary/aromatic N) is 1. The Kier molecular flexibility index (Phi) is 6.68. The van der Waals surface area contributed by atoms with Crippen LogP contribution in [-0.2, 0) is 27.7 Å². The first kappa shape index (κ1) is 22.2. The number of hydrogen-bond donors (Lipinski definition) is 1. The number of carbonyl (C=O) groups excluding carboxylic acids is 1. The maximum Gasteiger partial charge on any atom is 0.241 e. The summed E-state index contributed by atoms with van der Waals surface area (Å²) >= 11 is 18.1. The summed E-state index contributed by atoms with van der Waals surface area (Å²) in [5.74, 6) is -0.453. The molecule has 1 N–H and O–H groups in total.